The number of carboxylic acids is 1. The number of amides is 1. The number of thiocarbonyl (C=S) groups is 1. The Labute approximate surface area is 167 Å². The lowest BCUT2D eigenvalue weighted by Crippen LogP contribution is -2.37. The third kappa shape index (κ3) is 4.35. The van der Waals surface area contributed by atoms with Crippen LogP contribution < -0.4 is 0 Å². The van der Waals surface area contributed by atoms with Crippen LogP contribution in [0.2, 0.25) is 0 Å². The van der Waals surface area contributed by atoms with Crippen molar-refractivity contribution < 1.29 is 14.7 Å². The summed E-state index contributed by atoms with van der Waals surface area (Å²) in [4.78, 5) is 26.3. The van der Waals surface area contributed by atoms with Crippen molar-refractivity contribution in [3.63, 3.8) is 0 Å². The van der Waals surface area contributed by atoms with Crippen LogP contribution in [-0.2, 0) is 9.59 Å². The van der Waals surface area contributed by atoms with Gasteiger partial charge in [-0.25, -0.2) is 4.79 Å². The van der Waals surface area contributed by atoms with Gasteiger partial charge in [0.05, 0.1) is 4.91 Å². The van der Waals surface area contributed by atoms with Crippen molar-refractivity contribution in [2.75, 3.05) is 0 Å². The average Bonchev–Trinajstić information content (AvgIpc) is 2.91. The number of benzene rings is 2. The highest BCUT2D eigenvalue weighted by molar-refractivity contribution is 8.26. The topological polar surface area (TPSA) is 57.6 Å². The van der Waals surface area contributed by atoms with E-state index in [-0.39, 0.29) is 10.2 Å². The highest BCUT2D eigenvalue weighted by Gasteiger charge is 2.41. The third-order valence-electron chi connectivity index (χ3n) is 3.98. The van der Waals surface area contributed by atoms with Gasteiger partial charge in [-0.05, 0) is 29.7 Å². The van der Waals surface area contributed by atoms with E-state index in [9.17, 15) is 14.7 Å². The number of hydrogen-bond acceptors (Lipinski definition) is 4. The summed E-state index contributed by atoms with van der Waals surface area (Å²) in [6.45, 7) is 1.89. The van der Waals surface area contributed by atoms with Gasteiger partial charge in [-0.1, -0.05) is 90.7 Å². The first-order chi connectivity index (χ1) is 13.0. The van der Waals surface area contributed by atoms with Crippen LogP contribution in [0.15, 0.2) is 77.2 Å². The van der Waals surface area contributed by atoms with Crippen molar-refractivity contribution in [1.29, 1.82) is 0 Å². The minimum Gasteiger partial charge on any atom is -0.479 e. The van der Waals surface area contributed by atoms with Crippen LogP contribution in [0.4, 0.5) is 0 Å². The summed E-state index contributed by atoms with van der Waals surface area (Å²) in [5.41, 5.74) is 2.42. The molecule has 3 rings (SSSR count). The van der Waals surface area contributed by atoms with Crippen molar-refractivity contribution in [2.45, 2.75) is 13.0 Å². The van der Waals surface area contributed by atoms with Crippen LogP contribution in [0.3, 0.4) is 0 Å². The molecule has 0 spiro atoms. The number of aliphatic carboxylic acids is 1. The fraction of sp³-hybridized carbons (Fsp3) is 0.0952. The molecule has 6 heteroatoms. The molecular formula is C21H17NO3S2. The molecule has 1 saturated heterocycles. The summed E-state index contributed by atoms with van der Waals surface area (Å²) >= 11 is 6.44. The zero-order valence-electron chi connectivity index (χ0n) is 14.5. The first kappa shape index (κ1) is 19.1. The van der Waals surface area contributed by atoms with Gasteiger partial charge < -0.3 is 5.11 Å². The minimum atomic E-state index is -1.14. The molecule has 1 amide bonds. The minimum absolute atomic E-state index is 0.245. The predicted octanol–water partition coefficient (Wildman–Crippen LogP) is 4.66. The number of nitrogens with zero attached hydrogens (tertiary/aromatic N) is 1. The SMILES string of the molecule is CC(=C\c1ccccc1)/C=C1/SC(=S)N(C(C(=O)O)c2ccccc2)C1=O. The molecule has 4 nitrogen and oxygen atoms in total. The zero-order valence-corrected chi connectivity index (χ0v) is 16.2. The molecule has 136 valence electrons. The summed E-state index contributed by atoms with van der Waals surface area (Å²) in [7, 11) is 0. The Balaban J connectivity index is 1.90. The van der Waals surface area contributed by atoms with Gasteiger partial charge in [-0.3, -0.25) is 9.69 Å². The predicted molar refractivity (Wildman–Crippen MR) is 112 cm³/mol. The van der Waals surface area contributed by atoms with Gasteiger partial charge >= 0.3 is 5.97 Å². The highest BCUT2D eigenvalue weighted by atomic mass is 32.2. The molecule has 2 aromatic rings. The first-order valence-corrected chi connectivity index (χ1v) is 9.48. The van der Waals surface area contributed by atoms with E-state index in [2.05, 4.69) is 0 Å². The number of carboxylic acid groups (broad SMARTS) is 1. The molecule has 27 heavy (non-hydrogen) atoms. The number of thioether (sulfide) groups is 1. The standard InChI is InChI=1S/C21H17NO3S2/c1-14(12-15-8-4-2-5-9-15)13-17-19(23)22(21(26)27-17)18(20(24)25)16-10-6-3-7-11-16/h2-13,18H,1H3,(H,24,25)/b14-12+,17-13+. The molecule has 0 saturated carbocycles. The van der Waals surface area contributed by atoms with Gasteiger partial charge in [0.15, 0.2) is 6.04 Å². The lowest BCUT2D eigenvalue weighted by molar-refractivity contribution is -0.145. The van der Waals surface area contributed by atoms with Gasteiger partial charge in [-0.2, -0.15) is 0 Å². The molecular weight excluding hydrogens is 378 g/mol. The molecule has 0 aliphatic carbocycles. The molecule has 0 aromatic heterocycles. The van der Waals surface area contributed by atoms with E-state index in [0.29, 0.717) is 10.5 Å². The highest BCUT2D eigenvalue weighted by Crippen LogP contribution is 2.38. The van der Waals surface area contributed by atoms with Crippen LogP contribution in [-0.4, -0.2) is 26.2 Å². The number of hydrogen-bond donors (Lipinski definition) is 1. The van der Waals surface area contributed by atoms with E-state index in [4.69, 9.17) is 12.2 Å². The Bertz CT molecular complexity index is 936. The Morgan fingerprint density at radius 2 is 1.70 bits per heavy atom. The summed E-state index contributed by atoms with van der Waals surface area (Å²) in [6, 6.07) is 17.3. The van der Waals surface area contributed by atoms with Crippen molar-refractivity contribution >= 4 is 46.3 Å². The maximum Gasteiger partial charge on any atom is 0.331 e. The molecule has 0 bridgehead atoms. The maximum atomic E-state index is 12.9. The second-order valence-electron chi connectivity index (χ2n) is 6.00. The lowest BCUT2D eigenvalue weighted by atomic mass is 10.1. The van der Waals surface area contributed by atoms with E-state index >= 15 is 0 Å². The Morgan fingerprint density at radius 3 is 2.30 bits per heavy atom. The number of carbonyl (C=O) groups is 2. The fourth-order valence-electron chi connectivity index (χ4n) is 2.80. The van der Waals surface area contributed by atoms with Gasteiger partial charge in [0.2, 0.25) is 0 Å². The Hall–Kier alpha value is -2.70. The summed E-state index contributed by atoms with van der Waals surface area (Å²) < 4.78 is 0.245. The average molecular weight is 396 g/mol. The zero-order chi connectivity index (χ0) is 19.4. The summed E-state index contributed by atoms with van der Waals surface area (Å²) in [6.07, 6.45) is 3.70. The van der Waals surface area contributed by atoms with Crippen molar-refractivity contribution in [1.82, 2.24) is 4.90 Å². The van der Waals surface area contributed by atoms with Crippen molar-refractivity contribution in [2.24, 2.45) is 0 Å². The summed E-state index contributed by atoms with van der Waals surface area (Å²) in [5.74, 6) is -1.50. The van der Waals surface area contributed by atoms with Gasteiger partial charge in [0.1, 0.15) is 4.32 Å². The Kier molecular flexibility index (Phi) is 5.88. The maximum absolute atomic E-state index is 12.9. The molecule has 1 fully saturated rings. The van der Waals surface area contributed by atoms with Crippen molar-refractivity contribution in [3.05, 3.63) is 88.3 Å². The molecule has 1 unspecified atom stereocenters. The quantitative estimate of drug-likeness (QED) is 0.589. The van der Waals surface area contributed by atoms with Crippen LogP contribution in [0.1, 0.15) is 24.1 Å². The van der Waals surface area contributed by atoms with Crippen molar-refractivity contribution in [3.8, 4) is 0 Å². The second-order valence-corrected chi connectivity index (χ2v) is 7.68. The summed E-state index contributed by atoms with van der Waals surface area (Å²) in [5, 5.41) is 9.69. The molecule has 1 atom stereocenters. The van der Waals surface area contributed by atoms with E-state index in [0.717, 1.165) is 22.9 Å². The van der Waals surface area contributed by atoms with E-state index in [1.807, 2.05) is 43.3 Å². The van der Waals surface area contributed by atoms with Crippen LogP contribution in [0.25, 0.3) is 6.08 Å². The van der Waals surface area contributed by atoms with Gasteiger partial charge in [0, 0.05) is 0 Å². The Morgan fingerprint density at radius 1 is 1.11 bits per heavy atom. The normalized spacial score (nSPS) is 17.4. The van der Waals surface area contributed by atoms with Gasteiger partial charge in [0.25, 0.3) is 5.91 Å². The lowest BCUT2D eigenvalue weighted by Gasteiger charge is -2.23. The number of carbonyl (C=O) groups excluding carboxylic acids is 1. The molecule has 1 aliphatic heterocycles. The molecule has 2 aromatic carbocycles. The van der Waals surface area contributed by atoms with E-state index in [1.54, 1.807) is 36.4 Å². The van der Waals surface area contributed by atoms with Crippen LogP contribution >= 0.6 is 24.0 Å². The van der Waals surface area contributed by atoms with Crippen LogP contribution in [0, 0.1) is 0 Å². The molecule has 1 aliphatic rings. The molecule has 1 heterocycles. The number of rotatable bonds is 5. The first-order valence-electron chi connectivity index (χ1n) is 8.25. The van der Waals surface area contributed by atoms with E-state index in [1.165, 1.54) is 4.90 Å². The van der Waals surface area contributed by atoms with E-state index < -0.39 is 12.0 Å². The smallest absolute Gasteiger partial charge is 0.331 e. The molecule has 0 radical (unpaired) electrons. The largest absolute Gasteiger partial charge is 0.479 e. The van der Waals surface area contributed by atoms with Gasteiger partial charge in [-0.15, -0.1) is 0 Å². The monoisotopic (exact) mass is 395 g/mol. The second kappa shape index (κ2) is 8.33. The molecule has 1 N–H and O–H groups in total. The fourth-order valence-corrected chi connectivity index (χ4v) is 4.16. The number of allylic oxidation sites excluding steroid dienone is 2. The third-order valence-corrected chi connectivity index (χ3v) is 5.31. The van der Waals surface area contributed by atoms with Crippen LogP contribution in [0.5, 0.6) is 0 Å².